The Morgan fingerprint density at radius 1 is 1.10 bits per heavy atom. The van der Waals surface area contributed by atoms with Crippen LogP contribution in [-0.2, 0) is 0 Å². The van der Waals surface area contributed by atoms with Crippen molar-refractivity contribution in [2.24, 2.45) is 0 Å². The third-order valence-corrected chi connectivity index (χ3v) is 3.46. The van der Waals surface area contributed by atoms with Crippen molar-refractivity contribution in [3.05, 3.63) is 53.6 Å². The Morgan fingerprint density at radius 3 is 2.52 bits per heavy atom. The van der Waals surface area contributed by atoms with Crippen molar-refractivity contribution in [3.8, 4) is 34.0 Å². The number of nitrogens with zero attached hydrogens (tertiary/aromatic N) is 1. The number of hydrogen-bond donors (Lipinski definition) is 2. The fourth-order valence-electron chi connectivity index (χ4n) is 2.09. The van der Waals surface area contributed by atoms with Crippen LogP contribution in [0.15, 0.2) is 48.5 Å². The van der Waals surface area contributed by atoms with Crippen LogP contribution in [0.4, 0.5) is 0 Å². The van der Waals surface area contributed by atoms with Gasteiger partial charge in [-0.15, -0.1) is 0 Å². The predicted molar refractivity (Wildman–Crippen MR) is 82.7 cm³/mol. The number of hydrogen-bond acceptors (Lipinski definition) is 3. The number of phenols is 1. The van der Waals surface area contributed by atoms with Gasteiger partial charge in [-0.1, -0.05) is 23.7 Å². The molecule has 0 saturated carbocycles. The second-order valence-electron chi connectivity index (χ2n) is 4.56. The highest BCUT2D eigenvalue weighted by Crippen LogP contribution is 2.33. The zero-order valence-corrected chi connectivity index (χ0v) is 12.1. The maximum atomic E-state index is 10.0. The van der Waals surface area contributed by atoms with Gasteiger partial charge in [0, 0.05) is 22.2 Å². The van der Waals surface area contributed by atoms with Gasteiger partial charge in [-0.05, 0) is 30.3 Å². The van der Waals surface area contributed by atoms with E-state index in [2.05, 4.69) is 10.2 Å². The molecular formula is C16H13ClN2O2. The lowest BCUT2D eigenvalue weighted by Crippen LogP contribution is -1.84. The van der Waals surface area contributed by atoms with E-state index in [0.29, 0.717) is 16.3 Å². The summed E-state index contributed by atoms with van der Waals surface area (Å²) in [4.78, 5) is 0. The molecule has 2 aromatic carbocycles. The summed E-state index contributed by atoms with van der Waals surface area (Å²) in [5.74, 6) is 0.745. The Kier molecular flexibility index (Phi) is 3.54. The fourth-order valence-corrected chi connectivity index (χ4v) is 2.22. The molecule has 0 aliphatic heterocycles. The average molecular weight is 301 g/mol. The first-order valence-corrected chi connectivity index (χ1v) is 6.74. The van der Waals surface area contributed by atoms with Crippen LogP contribution in [-0.4, -0.2) is 22.4 Å². The zero-order chi connectivity index (χ0) is 14.8. The Balaban J connectivity index is 1.96. The summed E-state index contributed by atoms with van der Waals surface area (Å²) < 4.78 is 5.07. The number of rotatable bonds is 3. The van der Waals surface area contributed by atoms with Crippen LogP contribution in [0.1, 0.15) is 0 Å². The van der Waals surface area contributed by atoms with E-state index in [1.807, 2.05) is 30.3 Å². The van der Waals surface area contributed by atoms with Crippen LogP contribution >= 0.6 is 11.6 Å². The molecule has 0 aliphatic carbocycles. The highest BCUT2D eigenvalue weighted by Gasteiger charge is 2.10. The highest BCUT2D eigenvalue weighted by atomic mass is 35.5. The number of H-pyrrole nitrogens is 1. The second-order valence-corrected chi connectivity index (χ2v) is 4.99. The number of nitrogens with one attached hydrogen (secondary N) is 1. The Hall–Kier alpha value is -2.46. The molecule has 5 heteroatoms. The highest BCUT2D eigenvalue weighted by molar-refractivity contribution is 6.30. The smallest absolute Gasteiger partial charge is 0.128 e. The Labute approximate surface area is 127 Å². The topological polar surface area (TPSA) is 58.1 Å². The number of halogens is 1. The quantitative estimate of drug-likeness (QED) is 0.765. The lowest BCUT2D eigenvalue weighted by Gasteiger charge is -2.04. The Morgan fingerprint density at radius 2 is 1.86 bits per heavy atom. The minimum absolute atomic E-state index is 0.139. The molecule has 1 heterocycles. The molecule has 3 aromatic rings. The van der Waals surface area contributed by atoms with Gasteiger partial charge in [0.2, 0.25) is 0 Å². The van der Waals surface area contributed by atoms with Crippen LogP contribution in [0, 0.1) is 0 Å². The van der Waals surface area contributed by atoms with Gasteiger partial charge in [0.1, 0.15) is 11.5 Å². The van der Waals surface area contributed by atoms with Gasteiger partial charge in [-0.2, -0.15) is 5.10 Å². The van der Waals surface area contributed by atoms with Gasteiger partial charge in [0.05, 0.1) is 18.5 Å². The van der Waals surface area contributed by atoms with Gasteiger partial charge in [0.15, 0.2) is 0 Å². The first kappa shape index (κ1) is 13.5. The van der Waals surface area contributed by atoms with Crippen molar-refractivity contribution < 1.29 is 9.84 Å². The molecule has 1 aromatic heterocycles. The van der Waals surface area contributed by atoms with E-state index in [9.17, 15) is 5.11 Å². The molecule has 0 bridgehead atoms. The summed E-state index contributed by atoms with van der Waals surface area (Å²) in [7, 11) is 1.56. The van der Waals surface area contributed by atoms with Gasteiger partial charge >= 0.3 is 0 Å². The molecule has 0 aliphatic rings. The number of aromatic nitrogens is 2. The van der Waals surface area contributed by atoms with Gasteiger partial charge in [0.25, 0.3) is 0 Å². The number of aromatic hydroxyl groups is 1. The SMILES string of the molecule is COc1ccc(-c2cc(-c3ccc(Cl)cc3)n[nH]2)c(O)c1. The molecule has 0 saturated heterocycles. The van der Waals surface area contributed by atoms with E-state index in [1.54, 1.807) is 25.3 Å². The number of methoxy groups -OCH3 is 1. The van der Waals surface area contributed by atoms with E-state index in [0.717, 1.165) is 17.0 Å². The normalized spacial score (nSPS) is 10.6. The molecule has 3 rings (SSSR count). The Bertz CT molecular complexity index is 766. The van der Waals surface area contributed by atoms with E-state index in [1.165, 1.54) is 0 Å². The maximum Gasteiger partial charge on any atom is 0.128 e. The lowest BCUT2D eigenvalue weighted by atomic mass is 10.1. The molecule has 0 amide bonds. The summed E-state index contributed by atoms with van der Waals surface area (Å²) in [6.45, 7) is 0. The van der Waals surface area contributed by atoms with Crippen molar-refractivity contribution in [2.45, 2.75) is 0 Å². The van der Waals surface area contributed by atoms with E-state index in [-0.39, 0.29) is 5.75 Å². The van der Waals surface area contributed by atoms with Crippen LogP contribution in [0.25, 0.3) is 22.5 Å². The molecule has 21 heavy (non-hydrogen) atoms. The molecular weight excluding hydrogens is 288 g/mol. The van der Waals surface area contributed by atoms with Crippen molar-refractivity contribution in [1.82, 2.24) is 10.2 Å². The maximum absolute atomic E-state index is 10.0. The number of benzene rings is 2. The molecule has 2 N–H and O–H groups in total. The van der Waals surface area contributed by atoms with Crippen molar-refractivity contribution in [3.63, 3.8) is 0 Å². The van der Waals surface area contributed by atoms with E-state index >= 15 is 0 Å². The van der Waals surface area contributed by atoms with Gasteiger partial charge in [-0.3, -0.25) is 5.10 Å². The minimum atomic E-state index is 0.139. The molecule has 0 unspecified atom stereocenters. The van der Waals surface area contributed by atoms with Crippen molar-refractivity contribution >= 4 is 11.6 Å². The van der Waals surface area contributed by atoms with Crippen LogP contribution in [0.2, 0.25) is 5.02 Å². The first-order chi connectivity index (χ1) is 10.2. The monoisotopic (exact) mass is 300 g/mol. The van der Waals surface area contributed by atoms with Crippen molar-refractivity contribution in [2.75, 3.05) is 7.11 Å². The lowest BCUT2D eigenvalue weighted by molar-refractivity contribution is 0.408. The van der Waals surface area contributed by atoms with E-state index in [4.69, 9.17) is 16.3 Å². The zero-order valence-electron chi connectivity index (χ0n) is 11.3. The van der Waals surface area contributed by atoms with Gasteiger partial charge < -0.3 is 9.84 Å². The summed E-state index contributed by atoms with van der Waals surface area (Å²) in [6.07, 6.45) is 0. The predicted octanol–water partition coefficient (Wildman–Crippen LogP) is 4.11. The number of phenolic OH excluding ortho intramolecular Hbond substituents is 1. The molecule has 4 nitrogen and oxygen atoms in total. The fraction of sp³-hybridized carbons (Fsp3) is 0.0625. The summed E-state index contributed by atoms with van der Waals surface area (Å²) in [5, 5.41) is 17.9. The second kappa shape index (κ2) is 5.50. The van der Waals surface area contributed by atoms with Gasteiger partial charge in [-0.25, -0.2) is 0 Å². The van der Waals surface area contributed by atoms with Crippen LogP contribution < -0.4 is 4.74 Å². The van der Waals surface area contributed by atoms with Crippen LogP contribution in [0.5, 0.6) is 11.5 Å². The van der Waals surface area contributed by atoms with Crippen LogP contribution in [0.3, 0.4) is 0 Å². The van der Waals surface area contributed by atoms with E-state index < -0.39 is 0 Å². The summed E-state index contributed by atoms with van der Waals surface area (Å²) >= 11 is 5.88. The molecule has 0 radical (unpaired) electrons. The summed E-state index contributed by atoms with van der Waals surface area (Å²) in [6, 6.07) is 14.5. The molecule has 106 valence electrons. The molecule has 0 fully saturated rings. The molecule has 0 spiro atoms. The largest absolute Gasteiger partial charge is 0.507 e. The third-order valence-electron chi connectivity index (χ3n) is 3.21. The third kappa shape index (κ3) is 2.71. The molecule has 0 atom stereocenters. The number of ether oxygens (including phenoxy) is 1. The van der Waals surface area contributed by atoms with Crippen molar-refractivity contribution in [1.29, 1.82) is 0 Å². The summed E-state index contributed by atoms with van der Waals surface area (Å²) in [5.41, 5.74) is 3.15. The number of aromatic amines is 1. The minimum Gasteiger partial charge on any atom is -0.507 e. The first-order valence-electron chi connectivity index (χ1n) is 6.36. The average Bonchev–Trinajstić information content (AvgIpc) is 2.97. The standard InChI is InChI=1S/C16H13ClN2O2/c1-21-12-6-7-13(16(20)8-12)15-9-14(18-19-15)10-2-4-11(17)5-3-10/h2-9,20H,1H3,(H,18,19).